The highest BCUT2D eigenvalue weighted by Crippen LogP contribution is 2.14. The Labute approximate surface area is 56.4 Å². The molecule has 0 radical (unpaired) electrons. The molecule has 8 heavy (non-hydrogen) atoms. The van der Waals surface area contributed by atoms with E-state index in [0.717, 1.165) is 0 Å². The molecule has 2 atom stereocenters. The summed E-state index contributed by atoms with van der Waals surface area (Å²) in [7, 11) is 0. The number of rotatable bonds is 0. The Morgan fingerprint density at radius 2 is 1.62 bits per heavy atom. The Morgan fingerprint density at radius 3 is 1.88 bits per heavy atom. The third-order valence-electron chi connectivity index (χ3n) is 0.612. The van der Waals surface area contributed by atoms with Crippen LogP contribution in [0, 0.1) is 0 Å². The quantitative estimate of drug-likeness (QED) is 0.494. The Morgan fingerprint density at radius 1 is 1.12 bits per heavy atom. The van der Waals surface area contributed by atoms with Crippen LogP contribution in [-0.4, -0.2) is 18.3 Å². The first-order valence-electron chi connectivity index (χ1n) is 1.96. The third-order valence-corrected chi connectivity index (χ3v) is 1.07. The van der Waals surface area contributed by atoms with Crippen LogP contribution in [0.15, 0.2) is 0 Å². The fourth-order valence-electron chi connectivity index (χ4n) is 0.309. The van der Waals surface area contributed by atoms with Crippen molar-refractivity contribution in [2.45, 2.75) is 11.5 Å². The Bertz CT molecular complexity index is 70.9. The number of hydrogen-bond acceptors (Lipinski definition) is 3. The van der Waals surface area contributed by atoms with Gasteiger partial charge in [-0.2, -0.15) is 0 Å². The van der Waals surface area contributed by atoms with Gasteiger partial charge in [0.2, 0.25) is 11.5 Å². The molecular weight excluding hydrogens is 155 g/mol. The molecule has 0 N–H and O–H groups in total. The van der Waals surface area contributed by atoms with Gasteiger partial charge in [0, 0.05) is 0 Å². The van der Waals surface area contributed by atoms with Crippen molar-refractivity contribution in [1.82, 2.24) is 0 Å². The smallest absolute Gasteiger partial charge is 0.242 e. The van der Waals surface area contributed by atoms with Crippen molar-refractivity contribution in [3.63, 3.8) is 0 Å². The lowest BCUT2D eigenvalue weighted by atomic mass is 11.2. The zero-order valence-corrected chi connectivity index (χ0v) is 5.35. The maximum absolute atomic E-state index is 5.30. The molecule has 48 valence electrons. The lowest BCUT2D eigenvalue weighted by Gasteiger charge is -2.21. The van der Waals surface area contributed by atoms with Crippen LogP contribution in [0.1, 0.15) is 0 Å². The highest BCUT2D eigenvalue weighted by molar-refractivity contribution is 6.20. The molecule has 1 aliphatic heterocycles. The van der Waals surface area contributed by atoms with Crippen molar-refractivity contribution in [1.29, 1.82) is 0 Å². The number of hydrogen-bond donors (Lipinski definition) is 0. The summed E-state index contributed by atoms with van der Waals surface area (Å²) in [4.78, 5) is 0. The van der Waals surface area contributed by atoms with Gasteiger partial charge in [0.25, 0.3) is 0 Å². The largest absolute Gasteiger partial charge is 0.312 e. The van der Waals surface area contributed by atoms with Crippen LogP contribution in [0.4, 0.5) is 0 Å². The average Bonchev–Trinajstić information content (AvgIpc) is 1.64. The molecule has 0 saturated carbocycles. The van der Waals surface area contributed by atoms with Gasteiger partial charge in [-0.1, -0.05) is 23.2 Å². The fourth-order valence-corrected chi connectivity index (χ4v) is 0.651. The van der Waals surface area contributed by atoms with Crippen molar-refractivity contribution >= 4 is 23.2 Å². The van der Waals surface area contributed by atoms with Crippen LogP contribution in [0.5, 0.6) is 0 Å². The predicted octanol–water partition coefficient (Wildman–Crippen LogP) is 1.05. The summed E-state index contributed by atoms with van der Waals surface area (Å²) in [6.45, 7) is 0.0856. The van der Waals surface area contributed by atoms with E-state index in [0.29, 0.717) is 0 Å². The van der Waals surface area contributed by atoms with Crippen molar-refractivity contribution < 1.29 is 14.2 Å². The van der Waals surface area contributed by atoms with Crippen molar-refractivity contribution in [3.8, 4) is 0 Å². The summed E-state index contributed by atoms with van der Waals surface area (Å²) in [6, 6.07) is 0. The number of alkyl halides is 2. The molecule has 3 nitrogen and oxygen atoms in total. The lowest BCUT2D eigenvalue weighted by molar-refractivity contribution is -0.286. The van der Waals surface area contributed by atoms with E-state index in [9.17, 15) is 0 Å². The van der Waals surface area contributed by atoms with Crippen molar-refractivity contribution in [2.24, 2.45) is 0 Å². The standard InChI is InChI=1S/C3H4Cl2O3/c4-2-6-1-7-3(5)8-2/h2-3H,1H2. The molecular formula is C3H4Cl2O3. The van der Waals surface area contributed by atoms with Gasteiger partial charge >= 0.3 is 0 Å². The SMILES string of the molecule is ClC1OCOC(Cl)O1. The highest BCUT2D eigenvalue weighted by atomic mass is 35.5. The Balaban J connectivity index is 2.23. The van der Waals surface area contributed by atoms with Gasteiger partial charge in [-0.3, -0.25) is 4.74 Å². The van der Waals surface area contributed by atoms with E-state index < -0.39 is 11.5 Å². The highest BCUT2D eigenvalue weighted by Gasteiger charge is 2.18. The molecule has 0 spiro atoms. The summed E-state index contributed by atoms with van der Waals surface area (Å²) in [6.07, 6.45) is 0. The minimum Gasteiger partial charge on any atom is -0.312 e. The molecule has 0 aromatic carbocycles. The van der Waals surface area contributed by atoms with E-state index in [2.05, 4.69) is 14.2 Å². The Kier molecular flexibility index (Phi) is 2.34. The number of ether oxygens (including phenoxy) is 3. The molecule has 0 aromatic rings. The first kappa shape index (κ1) is 6.58. The molecule has 1 saturated heterocycles. The van der Waals surface area contributed by atoms with E-state index in [-0.39, 0.29) is 6.79 Å². The first-order chi connectivity index (χ1) is 3.79. The predicted molar refractivity (Wildman–Crippen MR) is 27.4 cm³/mol. The number of halogens is 2. The first-order valence-corrected chi connectivity index (χ1v) is 2.83. The van der Waals surface area contributed by atoms with E-state index in [1.165, 1.54) is 0 Å². The van der Waals surface area contributed by atoms with E-state index in [1.54, 1.807) is 0 Å². The van der Waals surface area contributed by atoms with Crippen molar-refractivity contribution in [3.05, 3.63) is 0 Å². The van der Waals surface area contributed by atoms with Crippen LogP contribution < -0.4 is 0 Å². The molecule has 2 unspecified atom stereocenters. The zero-order valence-electron chi connectivity index (χ0n) is 3.84. The van der Waals surface area contributed by atoms with Crippen LogP contribution in [0.2, 0.25) is 0 Å². The molecule has 1 aliphatic rings. The summed E-state index contributed by atoms with van der Waals surface area (Å²) < 4.78 is 13.7. The van der Waals surface area contributed by atoms with Gasteiger partial charge in [-0.15, -0.1) is 0 Å². The molecule has 0 amide bonds. The van der Waals surface area contributed by atoms with Gasteiger partial charge in [-0.05, 0) is 0 Å². The van der Waals surface area contributed by atoms with Gasteiger partial charge < -0.3 is 9.47 Å². The third kappa shape index (κ3) is 1.76. The minimum atomic E-state index is -0.772. The Hall–Kier alpha value is 0.460. The second-order valence-corrected chi connectivity index (χ2v) is 1.85. The van der Waals surface area contributed by atoms with Crippen LogP contribution >= 0.6 is 23.2 Å². The molecule has 1 fully saturated rings. The summed E-state index contributed by atoms with van der Waals surface area (Å²) in [5.74, 6) is -1.54. The van der Waals surface area contributed by atoms with Gasteiger partial charge in [0.1, 0.15) is 0 Å². The minimum absolute atomic E-state index is 0.0856. The fraction of sp³-hybridized carbons (Fsp3) is 1.00. The van der Waals surface area contributed by atoms with E-state index in [1.807, 2.05) is 0 Å². The van der Waals surface area contributed by atoms with E-state index in [4.69, 9.17) is 23.2 Å². The average molecular weight is 159 g/mol. The monoisotopic (exact) mass is 158 g/mol. The molecule has 0 aliphatic carbocycles. The summed E-state index contributed by atoms with van der Waals surface area (Å²) in [5.41, 5.74) is 0. The van der Waals surface area contributed by atoms with Crippen molar-refractivity contribution in [2.75, 3.05) is 6.79 Å². The maximum atomic E-state index is 5.30. The van der Waals surface area contributed by atoms with Crippen LogP contribution in [0.25, 0.3) is 0 Å². The van der Waals surface area contributed by atoms with E-state index >= 15 is 0 Å². The maximum Gasteiger partial charge on any atom is 0.242 e. The second kappa shape index (κ2) is 2.85. The molecule has 0 bridgehead atoms. The van der Waals surface area contributed by atoms with Crippen LogP contribution in [0.3, 0.4) is 0 Å². The van der Waals surface area contributed by atoms with Crippen LogP contribution in [-0.2, 0) is 14.2 Å². The summed E-state index contributed by atoms with van der Waals surface area (Å²) >= 11 is 10.6. The molecule has 5 heteroatoms. The zero-order chi connectivity index (χ0) is 5.98. The topological polar surface area (TPSA) is 27.7 Å². The molecule has 0 aromatic heterocycles. The molecule has 1 heterocycles. The van der Waals surface area contributed by atoms with Gasteiger partial charge in [-0.25, -0.2) is 0 Å². The normalized spacial score (nSPS) is 39.8. The second-order valence-electron chi connectivity index (χ2n) is 1.14. The van der Waals surface area contributed by atoms with Gasteiger partial charge in [0.15, 0.2) is 6.79 Å². The molecule has 1 rings (SSSR count). The lowest BCUT2D eigenvalue weighted by Crippen LogP contribution is -2.27. The van der Waals surface area contributed by atoms with Gasteiger partial charge in [0.05, 0.1) is 0 Å². The summed E-state index contributed by atoms with van der Waals surface area (Å²) in [5, 5.41) is 0.